The lowest BCUT2D eigenvalue weighted by Gasteiger charge is -2.32. The zero-order valence-corrected chi connectivity index (χ0v) is 18.2. The van der Waals surface area contributed by atoms with Crippen LogP contribution in [0.4, 0.5) is 0 Å². The summed E-state index contributed by atoms with van der Waals surface area (Å²) in [5.41, 5.74) is 3.27. The van der Waals surface area contributed by atoms with E-state index in [-0.39, 0.29) is 29.3 Å². The van der Waals surface area contributed by atoms with Crippen molar-refractivity contribution in [1.29, 1.82) is 0 Å². The van der Waals surface area contributed by atoms with E-state index in [1.807, 2.05) is 45.0 Å². The molecule has 0 saturated carbocycles. The first-order valence-corrected chi connectivity index (χ1v) is 11.7. The van der Waals surface area contributed by atoms with Gasteiger partial charge in [-0.05, 0) is 50.8 Å². The van der Waals surface area contributed by atoms with Crippen LogP contribution >= 0.6 is 0 Å². The topological polar surface area (TPSA) is 66.5 Å². The maximum absolute atomic E-state index is 13.0. The van der Waals surface area contributed by atoms with Crippen molar-refractivity contribution in [2.45, 2.75) is 51.0 Å². The highest BCUT2D eigenvalue weighted by Crippen LogP contribution is 2.25. The summed E-state index contributed by atoms with van der Waals surface area (Å²) in [6.45, 7) is 6.69. The predicted molar refractivity (Wildman–Crippen MR) is 115 cm³/mol. The van der Waals surface area contributed by atoms with E-state index in [0.29, 0.717) is 19.4 Å². The van der Waals surface area contributed by atoms with Gasteiger partial charge in [0.1, 0.15) is 0 Å². The van der Waals surface area contributed by atoms with Crippen molar-refractivity contribution >= 4 is 15.9 Å². The predicted octanol–water partition coefficient (Wildman–Crippen LogP) is 3.97. The number of amides is 1. The van der Waals surface area contributed by atoms with Gasteiger partial charge in [-0.25, -0.2) is 8.42 Å². The van der Waals surface area contributed by atoms with Crippen LogP contribution in [0.5, 0.6) is 0 Å². The maximum atomic E-state index is 13.0. The fourth-order valence-corrected chi connectivity index (χ4v) is 5.27. The van der Waals surface area contributed by atoms with Crippen LogP contribution in [0.1, 0.15) is 48.9 Å². The van der Waals surface area contributed by atoms with Crippen LogP contribution in [0.2, 0.25) is 0 Å². The Morgan fingerprint density at radius 1 is 1.07 bits per heavy atom. The van der Waals surface area contributed by atoms with Gasteiger partial charge in [-0.2, -0.15) is 4.31 Å². The molecule has 6 heteroatoms. The number of nitrogens with one attached hydrogen (secondary N) is 1. The lowest BCUT2D eigenvalue weighted by molar-refractivity contribution is -0.126. The third-order valence-corrected chi connectivity index (χ3v) is 7.50. The zero-order valence-electron chi connectivity index (χ0n) is 17.4. The van der Waals surface area contributed by atoms with Crippen molar-refractivity contribution in [2.75, 3.05) is 13.1 Å². The second-order valence-electron chi connectivity index (χ2n) is 7.90. The minimum absolute atomic E-state index is 0.0628. The number of piperidine rings is 1. The molecular formula is C23H30N2O3S. The van der Waals surface area contributed by atoms with Gasteiger partial charge in [0.25, 0.3) is 0 Å². The van der Waals surface area contributed by atoms with Crippen LogP contribution in [0, 0.1) is 19.8 Å². The maximum Gasteiger partial charge on any atom is 0.243 e. The van der Waals surface area contributed by atoms with Crippen molar-refractivity contribution < 1.29 is 13.2 Å². The normalized spacial score (nSPS) is 18.9. The molecule has 2 atom stereocenters. The van der Waals surface area contributed by atoms with Crippen molar-refractivity contribution in [2.24, 2.45) is 5.92 Å². The molecule has 1 fully saturated rings. The molecule has 1 heterocycles. The third-order valence-electron chi connectivity index (χ3n) is 5.62. The van der Waals surface area contributed by atoms with Gasteiger partial charge in [-0.3, -0.25) is 4.79 Å². The number of carbonyl (C=O) groups is 1. The Hall–Kier alpha value is -2.18. The number of aryl methyl sites for hydroxylation is 2. The average Bonchev–Trinajstić information content (AvgIpc) is 2.73. The monoisotopic (exact) mass is 414 g/mol. The molecule has 2 aromatic carbocycles. The Morgan fingerprint density at radius 3 is 2.24 bits per heavy atom. The second-order valence-corrected chi connectivity index (χ2v) is 9.83. The van der Waals surface area contributed by atoms with E-state index in [4.69, 9.17) is 0 Å². The minimum atomic E-state index is -3.58. The highest BCUT2D eigenvalue weighted by molar-refractivity contribution is 7.89. The van der Waals surface area contributed by atoms with Gasteiger partial charge in [0.15, 0.2) is 0 Å². The van der Waals surface area contributed by atoms with Crippen molar-refractivity contribution in [1.82, 2.24) is 9.62 Å². The number of benzene rings is 2. The molecule has 5 nitrogen and oxygen atoms in total. The highest BCUT2D eigenvalue weighted by Gasteiger charge is 2.33. The molecule has 0 aromatic heterocycles. The first kappa shape index (κ1) is 21.5. The van der Waals surface area contributed by atoms with Crippen LogP contribution in [-0.2, 0) is 14.8 Å². The van der Waals surface area contributed by atoms with Gasteiger partial charge in [-0.1, -0.05) is 54.4 Å². The van der Waals surface area contributed by atoms with Gasteiger partial charge >= 0.3 is 0 Å². The Morgan fingerprint density at radius 2 is 1.66 bits per heavy atom. The summed E-state index contributed by atoms with van der Waals surface area (Å²) >= 11 is 0. The summed E-state index contributed by atoms with van der Waals surface area (Å²) in [5, 5.41) is 3.13. The van der Waals surface area contributed by atoms with E-state index in [0.717, 1.165) is 17.5 Å². The molecular weight excluding hydrogens is 384 g/mol. The lowest BCUT2D eigenvalue weighted by atomic mass is 9.97. The molecule has 1 aliphatic heterocycles. The minimum Gasteiger partial charge on any atom is -0.349 e. The molecule has 2 aromatic rings. The number of rotatable bonds is 6. The molecule has 0 radical (unpaired) electrons. The summed E-state index contributed by atoms with van der Waals surface area (Å²) in [6, 6.07) is 15.0. The SMILES string of the molecule is CC[C@H](NC(=O)[C@@H]1CCCN(S(=O)(=O)c2ccc(C)cc2)C1)c1ccc(C)cc1. The Bertz CT molecular complexity index is 937. The van der Waals surface area contributed by atoms with E-state index >= 15 is 0 Å². The number of hydrogen-bond acceptors (Lipinski definition) is 3. The summed E-state index contributed by atoms with van der Waals surface area (Å²) in [7, 11) is -3.58. The highest BCUT2D eigenvalue weighted by atomic mass is 32.2. The van der Waals surface area contributed by atoms with Gasteiger partial charge in [0.05, 0.1) is 16.9 Å². The molecule has 0 unspecified atom stereocenters. The zero-order chi connectivity index (χ0) is 21.0. The largest absolute Gasteiger partial charge is 0.349 e. The van der Waals surface area contributed by atoms with Crippen LogP contribution < -0.4 is 5.32 Å². The standard InChI is InChI=1S/C23H30N2O3S/c1-4-22(19-11-7-17(2)8-12-19)24-23(26)20-6-5-15-25(16-20)29(27,28)21-13-9-18(3)10-14-21/h7-14,20,22H,4-6,15-16H2,1-3H3,(H,24,26)/t20-,22+/m1/s1. The Kier molecular flexibility index (Phi) is 6.75. The van der Waals surface area contributed by atoms with E-state index in [9.17, 15) is 13.2 Å². The summed E-state index contributed by atoms with van der Waals surface area (Å²) in [4.78, 5) is 13.2. The van der Waals surface area contributed by atoms with Crippen LogP contribution in [-0.4, -0.2) is 31.7 Å². The Labute approximate surface area is 174 Å². The van der Waals surface area contributed by atoms with Crippen LogP contribution in [0.3, 0.4) is 0 Å². The number of carbonyl (C=O) groups excluding carboxylic acids is 1. The molecule has 1 aliphatic rings. The lowest BCUT2D eigenvalue weighted by Crippen LogP contribution is -2.46. The first-order valence-electron chi connectivity index (χ1n) is 10.2. The quantitative estimate of drug-likeness (QED) is 0.778. The van der Waals surface area contributed by atoms with Gasteiger partial charge in [-0.15, -0.1) is 0 Å². The fraction of sp³-hybridized carbons (Fsp3) is 0.435. The Balaban J connectivity index is 1.70. The summed E-state index contributed by atoms with van der Waals surface area (Å²) in [6.07, 6.45) is 2.17. The number of hydrogen-bond donors (Lipinski definition) is 1. The molecule has 0 aliphatic carbocycles. The van der Waals surface area contributed by atoms with Crippen LogP contribution in [0.25, 0.3) is 0 Å². The van der Waals surface area contributed by atoms with E-state index in [2.05, 4.69) is 5.32 Å². The number of sulfonamides is 1. The van der Waals surface area contributed by atoms with Crippen LogP contribution in [0.15, 0.2) is 53.4 Å². The number of nitrogens with zero attached hydrogens (tertiary/aromatic N) is 1. The average molecular weight is 415 g/mol. The molecule has 1 saturated heterocycles. The van der Waals surface area contributed by atoms with Gasteiger partial charge in [0, 0.05) is 13.1 Å². The summed E-state index contributed by atoms with van der Waals surface area (Å²) in [5.74, 6) is -0.398. The van der Waals surface area contributed by atoms with E-state index in [1.165, 1.54) is 9.87 Å². The van der Waals surface area contributed by atoms with Crippen molar-refractivity contribution in [3.05, 3.63) is 65.2 Å². The molecule has 3 rings (SSSR count). The second kappa shape index (κ2) is 9.09. The third kappa shape index (κ3) is 5.06. The van der Waals surface area contributed by atoms with E-state index < -0.39 is 10.0 Å². The molecule has 156 valence electrons. The van der Waals surface area contributed by atoms with Crippen molar-refractivity contribution in [3.63, 3.8) is 0 Å². The molecule has 0 spiro atoms. The summed E-state index contributed by atoms with van der Waals surface area (Å²) < 4.78 is 27.4. The fourth-order valence-electron chi connectivity index (χ4n) is 3.74. The molecule has 1 N–H and O–H groups in total. The smallest absolute Gasteiger partial charge is 0.243 e. The molecule has 29 heavy (non-hydrogen) atoms. The molecule has 0 bridgehead atoms. The van der Waals surface area contributed by atoms with E-state index in [1.54, 1.807) is 24.3 Å². The molecule has 1 amide bonds. The first-order chi connectivity index (χ1) is 13.8. The van der Waals surface area contributed by atoms with Gasteiger partial charge in [0.2, 0.25) is 15.9 Å². The van der Waals surface area contributed by atoms with Crippen molar-refractivity contribution in [3.8, 4) is 0 Å². The van der Waals surface area contributed by atoms with Gasteiger partial charge < -0.3 is 5.32 Å².